The van der Waals surface area contributed by atoms with Crippen LogP contribution in [0.3, 0.4) is 0 Å². The van der Waals surface area contributed by atoms with Gasteiger partial charge in [-0.2, -0.15) is 12.8 Å². The van der Waals surface area contributed by atoms with E-state index in [0.29, 0.717) is 0 Å². The molecule has 0 saturated heterocycles. The van der Waals surface area contributed by atoms with Gasteiger partial charge in [0, 0.05) is 5.39 Å². The average Bonchev–Trinajstić information content (AvgIpc) is 2.48. The number of aromatic nitrogens is 1. The summed E-state index contributed by atoms with van der Waals surface area (Å²) in [6, 6.07) is 7.37. The Bertz CT molecular complexity index is 563. The third-order valence-electron chi connectivity index (χ3n) is 1.52. The molecule has 2 aromatic rings. The second-order valence-electron chi connectivity index (χ2n) is 2.31. The third-order valence-corrected chi connectivity index (χ3v) is 2.66. The maximum absolute atomic E-state index is 10.3. The van der Waals surface area contributed by atoms with Crippen molar-refractivity contribution >= 4 is 37.9 Å². The Labute approximate surface area is 79.7 Å². The van der Waals surface area contributed by atoms with E-state index in [2.05, 4.69) is 8.74 Å². The number of nitrogens with zero attached hydrogens (tertiary/aromatic N) is 2. The van der Waals surface area contributed by atoms with Crippen molar-refractivity contribution in [3.05, 3.63) is 24.3 Å². The molecular weight excluding hydrogens is 208 g/mol. The van der Waals surface area contributed by atoms with Crippen LogP contribution in [0.15, 0.2) is 28.6 Å². The predicted octanol–water partition coefficient (Wildman–Crippen LogP) is 1.99. The molecule has 0 atom stereocenters. The molecule has 0 unspecified atom stereocenters. The zero-order chi connectivity index (χ0) is 9.26. The van der Waals surface area contributed by atoms with Gasteiger partial charge in [0.15, 0.2) is 5.82 Å². The number of benzene rings is 1. The van der Waals surface area contributed by atoms with Crippen LogP contribution in [0.1, 0.15) is 0 Å². The fourth-order valence-corrected chi connectivity index (χ4v) is 2.06. The largest absolute Gasteiger partial charge is 0.317 e. The zero-order valence-electron chi connectivity index (χ0n) is 6.34. The highest BCUT2D eigenvalue weighted by Gasteiger charge is 2.03. The molecule has 0 aliphatic carbocycles. The minimum absolute atomic E-state index is 0.272. The Balaban J connectivity index is 2.79. The third kappa shape index (κ3) is 1.58. The SMILES string of the molecule is O=S(=O)=Nc1nsc2ccccc12. The van der Waals surface area contributed by atoms with E-state index in [1.165, 1.54) is 11.5 Å². The van der Waals surface area contributed by atoms with Gasteiger partial charge in [-0.05, 0) is 23.7 Å². The molecule has 1 aromatic heterocycles. The van der Waals surface area contributed by atoms with Gasteiger partial charge in [-0.25, -0.2) is 0 Å². The summed E-state index contributed by atoms with van der Waals surface area (Å²) in [5.74, 6) is 0.272. The van der Waals surface area contributed by atoms with Crippen molar-refractivity contribution in [2.45, 2.75) is 0 Å². The summed E-state index contributed by atoms with van der Waals surface area (Å²) in [7, 11) is -2.43. The van der Waals surface area contributed by atoms with E-state index in [-0.39, 0.29) is 5.82 Å². The molecular formula is C7H4N2O2S2. The standard InChI is InChI=1S/C7H4N2O2S2/c10-13(11)9-7-5-3-1-2-4-6(5)12-8-7/h1-4H. The van der Waals surface area contributed by atoms with Crippen LogP contribution in [0.4, 0.5) is 5.82 Å². The Morgan fingerprint density at radius 2 is 2.08 bits per heavy atom. The lowest BCUT2D eigenvalue weighted by Crippen LogP contribution is -1.64. The van der Waals surface area contributed by atoms with Gasteiger partial charge in [-0.1, -0.05) is 12.1 Å². The van der Waals surface area contributed by atoms with Gasteiger partial charge >= 0.3 is 10.5 Å². The van der Waals surface area contributed by atoms with Gasteiger partial charge < -0.3 is 0 Å². The van der Waals surface area contributed by atoms with Gasteiger partial charge in [0.1, 0.15) is 0 Å². The lowest BCUT2D eigenvalue weighted by Gasteiger charge is -1.84. The minimum atomic E-state index is -2.43. The van der Waals surface area contributed by atoms with Crippen molar-refractivity contribution in [1.29, 1.82) is 0 Å². The van der Waals surface area contributed by atoms with Crippen LogP contribution in [-0.4, -0.2) is 12.8 Å². The predicted molar refractivity (Wildman–Crippen MR) is 50.6 cm³/mol. The van der Waals surface area contributed by atoms with Crippen LogP contribution < -0.4 is 0 Å². The Morgan fingerprint density at radius 3 is 2.85 bits per heavy atom. The molecule has 0 aliphatic rings. The first-order valence-electron chi connectivity index (χ1n) is 3.43. The molecule has 1 heterocycles. The van der Waals surface area contributed by atoms with Crippen LogP contribution in [-0.2, 0) is 10.5 Å². The Hall–Kier alpha value is -1.27. The summed E-state index contributed by atoms with van der Waals surface area (Å²) >= 11 is 1.24. The minimum Gasteiger partial charge on any atom is -0.170 e. The zero-order valence-corrected chi connectivity index (χ0v) is 7.97. The first-order valence-corrected chi connectivity index (χ1v) is 5.23. The maximum Gasteiger partial charge on any atom is 0.317 e. The fraction of sp³-hybridized carbons (Fsp3) is 0. The van der Waals surface area contributed by atoms with E-state index in [9.17, 15) is 8.42 Å². The number of hydrogen-bond donors (Lipinski definition) is 0. The van der Waals surface area contributed by atoms with Gasteiger partial charge in [-0.3, -0.25) is 0 Å². The maximum atomic E-state index is 10.3. The molecule has 4 nitrogen and oxygen atoms in total. The molecule has 66 valence electrons. The average molecular weight is 212 g/mol. The van der Waals surface area contributed by atoms with Crippen molar-refractivity contribution < 1.29 is 8.42 Å². The quantitative estimate of drug-likeness (QED) is 0.726. The Morgan fingerprint density at radius 1 is 1.31 bits per heavy atom. The second kappa shape index (κ2) is 3.23. The molecule has 0 aliphatic heterocycles. The molecule has 0 saturated carbocycles. The first kappa shape index (κ1) is 8.33. The summed E-state index contributed by atoms with van der Waals surface area (Å²) in [6.45, 7) is 0. The van der Waals surface area contributed by atoms with Crippen LogP contribution in [0.25, 0.3) is 10.1 Å². The van der Waals surface area contributed by atoms with Gasteiger partial charge in [0.05, 0.1) is 4.70 Å². The summed E-state index contributed by atoms with van der Waals surface area (Å²) in [4.78, 5) is 0. The smallest absolute Gasteiger partial charge is 0.170 e. The van der Waals surface area contributed by atoms with Crippen molar-refractivity contribution in [2.24, 2.45) is 4.36 Å². The fourth-order valence-electron chi connectivity index (χ4n) is 1.01. The second-order valence-corrected chi connectivity index (χ2v) is 3.73. The van der Waals surface area contributed by atoms with Crippen LogP contribution >= 0.6 is 11.5 Å². The topological polar surface area (TPSA) is 59.4 Å². The summed E-state index contributed by atoms with van der Waals surface area (Å²) in [6.07, 6.45) is 0. The van der Waals surface area contributed by atoms with Crippen molar-refractivity contribution in [1.82, 2.24) is 4.37 Å². The summed E-state index contributed by atoms with van der Waals surface area (Å²) in [5.41, 5.74) is 0. The van der Waals surface area contributed by atoms with Crippen molar-refractivity contribution in [3.63, 3.8) is 0 Å². The molecule has 1 aromatic carbocycles. The molecule has 0 spiro atoms. The van der Waals surface area contributed by atoms with Crippen LogP contribution in [0.2, 0.25) is 0 Å². The van der Waals surface area contributed by atoms with Crippen LogP contribution in [0, 0.1) is 0 Å². The monoisotopic (exact) mass is 212 g/mol. The lowest BCUT2D eigenvalue weighted by atomic mass is 10.3. The van der Waals surface area contributed by atoms with E-state index in [1.807, 2.05) is 18.2 Å². The highest BCUT2D eigenvalue weighted by Crippen LogP contribution is 2.27. The number of fused-ring (bicyclic) bond motifs is 1. The van der Waals surface area contributed by atoms with Crippen LogP contribution in [0.5, 0.6) is 0 Å². The molecule has 0 radical (unpaired) electrons. The summed E-state index contributed by atoms with van der Waals surface area (Å²) in [5, 5.41) is 0.775. The van der Waals surface area contributed by atoms with E-state index >= 15 is 0 Å². The summed E-state index contributed by atoms with van der Waals surface area (Å²) < 4.78 is 28.8. The molecule has 2 rings (SSSR count). The Kier molecular flexibility index (Phi) is 2.07. The normalized spacial score (nSPS) is 10.2. The van der Waals surface area contributed by atoms with Crippen molar-refractivity contribution in [2.75, 3.05) is 0 Å². The molecule has 0 amide bonds. The highest BCUT2D eigenvalue weighted by molar-refractivity contribution is 7.61. The van der Waals surface area contributed by atoms with Gasteiger partial charge in [0.2, 0.25) is 0 Å². The highest BCUT2D eigenvalue weighted by atomic mass is 32.2. The number of rotatable bonds is 1. The molecule has 13 heavy (non-hydrogen) atoms. The lowest BCUT2D eigenvalue weighted by molar-refractivity contribution is 0.622. The van der Waals surface area contributed by atoms with Crippen molar-refractivity contribution in [3.8, 4) is 0 Å². The molecule has 6 heteroatoms. The van der Waals surface area contributed by atoms with E-state index in [1.54, 1.807) is 6.07 Å². The first-order chi connectivity index (χ1) is 6.27. The van der Waals surface area contributed by atoms with E-state index in [4.69, 9.17) is 0 Å². The van der Waals surface area contributed by atoms with Gasteiger partial charge in [0.25, 0.3) is 0 Å². The molecule has 0 N–H and O–H groups in total. The molecule has 0 bridgehead atoms. The number of hydrogen-bond acceptors (Lipinski definition) is 5. The van der Waals surface area contributed by atoms with E-state index in [0.717, 1.165) is 10.1 Å². The van der Waals surface area contributed by atoms with Gasteiger partial charge in [-0.15, -0.1) is 4.36 Å². The molecule has 0 fully saturated rings. The van der Waals surface area contributed by atoms with E-state index < -0.39 is 10.5 Å².